The number of hydrogen-bond donors (Lipinski definition) is 0. The van der Waals surface area contributed by atoms with Gasteiger partial charge in [-0.1, -0.05) is 44.2 Å². The first kappa shape index (κ1) is 14.6. The van der Waals surface area contributed by atoms with Crippen molar-refractivity contribution in [2.45, 2.75) is 46.2 Å². The van der Waals surface area contributed by atoms with Crippen LogP contribution in [0.3, 0.4) is 0 Å². The van der Waals surface area contributed by atoms with Crippen LogP contribution in [-0.4, -0.2) is 16.5 Å². The van der Waals surface area contributed by atoms with Crippen molar-refractivity contribution in [2.75, 3.05) is 0 Å². The molecule has 1 aromatic rings. The number of carboxylic acid groups (broad SMARTS) is 1. The highest BCUT2D eigenvalue weighted by atomic mass is 16.4. The molecule has 1 atom stereocenters. The van der Waals surface area contributed by atoms with Crippen LogP contribution >= 0.6 is 0 Å². The van der Waals surface area contributed by atoms with E-state index in [4.69, 9.17) is 0 Å². The van der Waals surface area contributed by atoms with Crippen LogP contribution in [0.4, 0.5) is 4.79 Å². The van der Waals surface area contributed by atoms with Crippen LogP contribution in [0.15, 0.2) is 30.3 Å². The lowest BCUT2D eigenvalue weighted by atomic mass is 9.87. The summed E-state index contributed by atoms with van der Waals surface area (Å²) in [4.78, 5) is 12.9. The second-order valence-corrected chi connectivity index (χ2v) is 5.53. The van der Waals surface area contributed by atoms with Gasteiger partial charge in [0.05, 0.1) is 6.04 Å². The van der Waals surface area contributed by atoms with Gasteiger partial charge in [-0.25, -0.2) is 0 Å². The molecular formula is C15H22NO2-. The van der Waals surface area contributed by atoms with E-state index in [0.29, 0.717) is 0 Å². The van der Waals surface area contributed by atoms with Gasteiger partial charge in [-0.15, -0.1) is 0 Å². The molecule has 1 amide bonds. The van der Waals surface area contributed by atoms with Crippen LogP contribution in [0.5, 0.6) is 0 Å². The minimum Gasteiger partial charge on any atom is -0.530 e. The van der Waals surface area contributed by atoms with Crippen molar-refractivity contribution >= 4 is 6.09 Å². The molecule has 0 spiro atoms. The number of carbonyl (C=O) groups excluding carboxylic acids is 1. The van der Waals surface area contributed by atoms with Crippen molar-refractivity contribution in [3.63, 3.8) is 0 Å². The molecular weight excluding hydrogens is 226 g/mol. The molecule has 3 nitrogen and oxygen atoms in total. The summed E-state index contributed by atoms with van der Waals surface area (Å²) in [6.07, 6.45) is -1.12. The molecule has 0 fully saturated rings. The van der Waals surface area contributed by atoms with Gasteiger partial charge in [-0.3, -0.25) is 0 Å². The number of hydrogen-bond acceptors (Lipinski definition) is 2. The first-order chi connectivity index (χ1) is 8.28. The third-order valence-electron chi connectivity index (χ3n) is 3.90. The van der Waals surface area contributed by atoms with Gasteiger partial charge in [-0.2, -0.15) is 0 Å². The molecule has 3 heteroatoms. The molecule has 0 saturated carbocycles. The van der Waals surface area contributed by atoms with Crippen molar-refractivity contribution in [1.29, 1.82) is 0 Å². The van der Waals surface area contributed by atoms with Gasteiger partial charge in [0.2, 0.25) is 0 Å². The standard InChI is InChI=1S/C15H23NO2/c1-11(2)15(4,5)16(14(17)18)12(3)13-9-7-6-8-10-13/h6-12H,1-5H3,(H,17,18)/p-1. The Hall–Kier alpha value is -1.51. The quantitative estimate of drug-likeness (QED) is 0.822. The summed E-state index contributed by atoms with van der Waals surface area (Å²) in [6, 6.07) is 9.43. The van der Waals surface area contributed by atoms with Crippen molar-refractivity contribution < 1.29 is 9.90 Å². The highest BCUT2D eigenvalue weighted by Gasteiger charge is 2.33. The predicted octanol–water partition coefficient (Wildman–Crippen LogP) is 2.83. The summed E-state index contributed by atoms with van der Waals surface area (Å²) >= 11 is 0. The first-order valence-corrected chi connectivity index (χ1v) is 6.33. The second-order valence-electron chi connectivity index (χ2n) is 5.53. The van der Waals surface area contributed by atoms with Gasteiger partial charge in [-0.05, 0) is 32.3 Å². The fourth-order valence-corrected chi connectivity index (χ4v) is 2.05. The third-order valence-corrected chi connectivity index (χ3v) is 3.90. The smallest absolute Gasteiger partial charge is 0.137 e. The summed E-state index contributed by atoms with van der Waals surface area (Å²) in [7, 11) is 0. The largest absolute Gasteiger partial charge is 0.530 e. The summed E-state index contributed by atoms with van der Waals surface area (Å²) in [5, 5.41) is 11.5. The zero-order chi connectivity index (χ0) is 13.9. The van der Waals surface area contributed by atoms with E-state index in [0.717, 1.165) is 5.56 Å². The van der Waals surface area contributed by atoms with Gasteiger partial charge in [0, 0.05) is 5.54 Å². The third kappa shape index (κ3) is 2.84. The molecule has 0 radical (unpaired) electrons. The van der Waals surface area contributed by atoms with E-state index in [-0.39, 0.29) is 12.0 Å². The lowest BCUT2D eigenvalue weighted by Crippen LogP contribution is -2.56. The highest BCUT2D eigenvalue weighted by molar-refractivity contribution is 5.64. The molecule has 0 aliphatic rings. The lowest BCUT2D eigenvalue weighted by molar-refractivity contribution is -0.275. The Bertz CT molecular complexity index is 398. The molecule has 0 saturated heterocycles. The Balaban J connectivity index is 3.11. The van der Waals surface area contributed by atoms with Crippen LogP contribution < -0.4 is 5.11 Å². The Morgan fingerprint density at radius 1 is 1.17 bits per heavy atom. The van der Waals surface area contributed by atoms with Crippen LogP contribution in [0.25, 0.3) is 0 Å². The zero-order valence-corrected chi connectivity index (χ0v) is 11.8. The van der Waals surface area contributed by atoms with E-state index < -0.39 is 11.6 Å². The molecule has 0 aromatic heterocycles. The zero-order valence-electron chi connectivity index (χ0n) is 11.8. The van der Waals surface area contributed by atoms with Gasteiger partial charge < -0.3 is 14.8 Å². The Labute approximate surface area is 109 Å². The molecule has 18 heavy (non-hydrogen) atoms. The number of amides is 1. The van der Waals surface area contributed by atoms with Crippen molar-refractivity contribution in [3.05, 3.63) is 35.9 Å². The average molecular weight is 248 g/mol. The molecule has 0 heterocycles. The van der Waals surface area contributed by atoms with Gasteiger partial charge >= 0.3 is 0 Å². The van der Waals surface area contributed by atoms with Crippen LogP contribution in [0.2, 0.25) is 0 Å². The Kier molecular flexibility index (Phi) is 4.38. The molecule has 1 unspecified atom stereocenters. The van der Waals surface area contributed by atoms with E-state index in [1.807, 2.05) is 65.0 Å². The van der Waals surface area contributed by atoms with Gasteiger partial charge in [0.15, 0.2) is 0 Å². The molecule has 1 rings (SSSR count). The number of nitrogens with zero attached hydrogens (tertiary/aromatic N) is 1. The lowest BCUT2D eigenvalue weighted by Gasteiger charge is -2.47. The fraction of sp³-hybridized carbons (Fsp3) is 0.533. The molecule has 0 N–H and O–H groups in total. The van der Waals surface area contributed by atoms with Crippen molar-refractivity contribution in [1.82, 2.24) is 4.90 Å². The van der Waals surface area contributed by atoms with Gasteiger partial charge in [0.1, 0.15) is 6.09 Å². The molecule has 0 aliphatic carbocycles. The summed E-state index contributed by atoms with van der Waals surface area (Å²) in [5.74, 6) is 0.210. The maximum atomic E-state index is 11.5. The summed E-state index contributed by atoms with van der Waals surface area (Å²) in [6.45, 7) is 9.82. The minimum absolute atomic E-state index is 0.210. The van der Waals surface area contributed by atoms with Crippen LogP contribution in [0.1, 0.15) is 46.2 Å². The predicted molar refractivity (Wildman–Crippen MR) is 71.0 cm³/mol. The molecule has 1 aromatic carbocycles. The molecule has 0 aliphatic heterocycles. The maximum Gasteiger partial charge on any atom is 0.137 e. The molecule has 100 valence electrons. The average Bonchev–Trinajstić information content (AvgIpc) is 2.29. The van der Waals surface area contributed by atoms with Gasteiger partial charge in [0.25, 0.3) is 0 Å². The Morgan fingerprint density at radius 2 is 1.67 bits per heavy atom. The monoisotopic (exact) mass is 248 g/mol. The van der Waals surface area contributed by atoms with Crippen molar-refractivity contribution in [3.8, 4) is 0 Å². The number of carbonyl (C=O) groups is 1. The normalized spacial score (nSPS) is 13.4. The Morgan fingerprint density at radius 3 is 2.06 bits per heavy atom. The topological polar surface area (TPSA) is 43.4 Å². The SMILES string of the molecule is CC(c1ccccc1)N(C(=O)[O-])C(C)(C)C(C)C. The summed E-state index contributed by atoms with van der Waals surface area (Å²) < 4.78 is 0. The highest BCUT2D eigenvalue weighted by Crippen LogP contribution is 2.32. The van der Waals surface area contributed by atoms with E-state index in [1.54, 1.807) is 0 Å². The van der Waals surface area contributed by atoms with E-state index in [9.17, 15) is 9.90 Å². The van der Waals surface area contributed by atoms with Crippen LogP contribution in [-0.2, 0) is 0 Å². The maximum absolute atomic E-state index is 11.5. The molecule has 0 bridgehead atoms. The first-order valence-electron chi connectivity index (χ1n) is 6.33. The summed E-state index contributed by atoms with van der Waals surface area (Å²) in [5.41, 5.74) is 0.518. The van der Waals surface area contributed by atoms with E-state index in [1.165, 1.54) is 4.90 Å². The number of rotatable bonds is 4. The van der Waals surface area contributed by atoms with Crippen molar-refractivity contribution in [2.24, 2.45) is 5.92 Å². The van der Waals surface area contributed by atoms with E-state index in [2.05, 4.69) is 0 Å². The number of benzene rings is 1. The minimum atomic E-state index is -1.12. The fourth-order valence-electron chi connectivity index (χ4n) is 2.05. The van der Waals surface area contributed by atoms with Crippen LogP contribution in [0, 0.1) is 5.92 Å². The van der Waals surface area contributed by atoms with E-state index >= 15 is 0 Å². The second kappa shape index (κ2) is 5.42.